The van der Waals surface area contributed by atoms with E-state index >= 15 is 0 Å². The highest BCUT2D eigenvalue weighted by Crippen LogP contribution is 2.34. The molecule has 0 bridgehead atoms. The number of rotatable bonds is 6. The number of carbonyl (C=O) groups is 1. The van der Waals surface area contributed by atoms with E-state index in [1.165, 1.54) is 65.9 Å². The van der Waals surface area contributed by atoms with Gasteiger partial charge in [-0.05, 0) is 61.5 Å². The van der Waals surface area contributed by atoms with Gasteiger partial charge in [0.2, 0.25) is 15.9 Å². The summed E-state index contributed by atoms with van der Waals surface area (Å²) < 4.78 is 61.9. The predicted molar refractivity (Wildman–Crippen MR) is 140 cm³/mol. The Morgan fingerprint density at radius 3 is 2.33 bits per heavy atom. The summed E-state index contributed by atoms with van der Waals surface area (Å²) in [6, 6.07) is 8.49. The fraction of sp³-hybridized carbons (Fsp3) is 0.273. The van der Waals surface area contributed by atoms with E-state index in [9.17, 15) is 21.6 Å². The van der Waals surface area contributed by atoms with E-state index in [1.807, 2.05) is 0 Å². The molecule has 1 saturated heterocycles. The van der Waals surface area contributed by atoms with Crippen LogP contribution in [0.2, 0.25) is 4.34 Å². The van der Waals surface area contributed by atoms with E-state index in [0.29, 0.717) is 18.9 Å². The molecule has 1 aliphatic heterocycles. The number of allylic oxidation sites excluding steroid dienone is 3. The highest BCUT2D eigenvalue weighted by atomic mass is 35.5. The second kappa shape index (κ2) is 10.4. The Balaban J connectivity index is 1.58. The van der Waals surface area contributed by atoms with Crippen LogP contribution in [0.5, 0.6) is 0 Å². The lowest BCUT2D eigenvalue weighted by molar-refractivity contribution is -0.120. The summed E-state index contributed by atoms with van der Waals surface area (Å²) in [4.78, 5) is 13.4. The van der Waals surface area contributed by atoms with Crippen molar-refractivity contribution in [2.75, 3.05) is 31.6 Å². The number of sulfonamides is 2. The van der Waals surface area contributed by atoms with Crippen LogP contribution in [0.1, 0.15) is 6.92 Å². The van der Waals surface area contributed by atoms with Crippen molar-refractivity contribution in [2.45, 2.75) is 16.0 Å². The highest BCUT2D eigenvalue weighted by molar-refractivity contribution is 7.92. The number of benzene rings is 1. The lowest BCUT2D eigenvalue weighted by atomic mass is 9.81. The van der Waals surface area contributed by atoms with E-state index in [2.05, 4.69) is 9.71 Å². The van der Waals surface area contributed by atoms with Crippen molar-refractivity contribution in [3.8, 4) is 0 Å². The van der Waals surface area contributed by atoms with Crippen LogP contribution in [0, 0.1) is 5.41 Å². The molecule has 2 aliphatic rings. The summed E-state index contributed by atoms with van der Waals surface area (Å²) in [5.74, 6) is -0.605. The van der Waals surface area contributed by atoms with Crippen molar-refractivity contribution < 1.29 is 26.4 Å². The molecular formula is C22H21Cl2N3O6S3. The molecule has 1 aliphatic carbocycles. The summed E-state index contributed by atoms with van der Waals surface area (Å²) in [5.41, 5.74) is -1.26. The van der Waals surface area contributed by atoms with Gasteiger partial charge in [0, 0.05) is 23.8 Å². The van der Waals surface area contributed by atoms with Crippen LogP contribution >= 0.6 is 34.5 Å². The van der Waals surface area contributed by atoms with Crippen LogP contribution in [0.25, 0.3) is 0 Å². The van der Waals surface area contributed by atoms with Crippen LogP contribution in [-0.2, 0) is 29.6 Å². The van der Waals surface area contributed by atoms with Gasteiger partial charge in [-0.15, -0.1) is 11.3 Å². The molecule has 0 saturated carbocycles. The normalized spacial score (nSPS) is 22.4. The van der Waals surface area contributed by atoms with Crippen LogP contribution in [-0.4, -0.2) is 59.1 Å². The number of hydrogen-bond donors (Lipinski definition) is 1. The predicted octanol–water partition coefficient (Wildman–Crippen LogP) is 3.89. The molecular weight excluding hydrogens is 569 g/mol. The monoisotopic (exact) mass is 589 g/mol. The van der Waals surface area contributed by atoms with Gasteiger partial charge in [-0.1, -0.05) is 23.2 Å². The Labute approximate surface area is 223 Å². The first-order valence-electron chi connectivity index (χ1n) is 10.6. The molecule has 0 radical (unpaired) electrons. The van der Waals surface area contributed by atoms with E-state index in [0.717, 1.165) is 11.3 Å². The minimum atomic E-state index is -4.13. The molecule has 1 atom stereocenters. The van der Waals surface area contributed by atoms with Gasteiger partial charge in [0.1, 0.15) is 9.62 Å². The molecule has 2 aromatic rings. The van der Waals surface area contributed by atoms with Crippen molar-refractivity contribution in [3.05, 3.63) is 64.0 Å². The third-order valence-corrected chi connectivity index (χ3v) is 10.7. The number of carbonyl (C=O) groups excluding carboxylic acids is 1. The number of anilines is 1. The third-order valence-electron chi connectivity index (χ3n) is 5.57. The summed E-state index contributed by atoms with van der Waals surface area (Å²) in [6.07, 6.45) is 4.21. The summed E-state index contributed by atoms with van der Waals surface area (Å²) in [5, 5.41) is 2.92. The molecule has 192 valence electrons. The van der Waals surface area contributed by atoms with Gasteiger partial charge in [0.15, 0.2) is 0 Å². The lowest BCUT2D eigenvalue weighted by Crippen LogP contribution is -2.40. The smallest absolute Gasteiger partial charge is 0.292 e. The van der Waals surface area contributed by atoms with Crippen molar-refractivity contribution in [2.24, 2.45) is 9.81 Å². The molecule has 1 aromatic carbocycles. The Morgan fingerprint density at radius 1 is 1.06 bits per heavy atom. The van der Waals surface area contributed by atoms with Crippen molar-refractivity contribution in [1.82, 2.24) is 4.31 Å². The van der Waals surface area contributed by atoms with Gasteiger partial charge in [0.25, 0.3) is 10.0 Å². The van der Waals surface area contributed by atoms with Crippen LogP contribution in [0.15, 0.2) is 73.2 Å². The average Bonchev–Trinajstić information content (AvgIpc) is 3.29. The number of nitrogens with zero attached hydrogens (tertiary/aromatic N) is 2. The van der Waals surface area contributed by atoms with Crippen molar-refractivity contribution in [3.63, 3.8) is 0 Å². The topological polar surface area (TPSA) is 122 Å². The van der Waals surface area contributed by atoms with E-state index in [1.54, 1.807) is 0 Å². The molecule has 1 amide bonds. The molecule has 1 N–H and O–H groups in total. The SMILES string of the molecule is CC1(C(=O)Nc2ccc(S(=O)(=O)N3CCOCC3)cc2)C=C(Cl)C=C/C1=N\S(=O)(=O)c1ccc(Cl)s1. The zero-order valence-electron chi connectivity index (χ0n) is 18.8. The van der Waals surface area contributed by atoms with Crippen LogP contribution in [0.3, 0.4) is 0 Å². The number of morpholine rings is 1. The zero-order valence-corrected chi connectivity index (χ0v) is 22.8. The third kappa shape index (κ3) is 5.59. The Hall–Kier alpha value is -2.06. The average molecular weight is 591 g/mol. The zero-order chi connectivity index (χ0) is 26.1. The fourth-order valence-electron chi connectivity index (χ4n) is 3.55. The summed E-state index contributed by atoms with van der Waals surface area (Å²) in [6.45, 7) is 2.68. The van der Waals surface area contributed by atoms with Gasteiger partial charge in [-0.3, -0.25) is 4.79 Å². The number of hydrogen-bond acceptors (Lipinski definition) is 7. The molecule has 1 fully saturated rings. The number of amides is 1. The van der Waals surface area contributed by atoms with Crippen molar-refractivity contribution in [1.29, 1.82) is 0 Å². The molecule has 0 spiro atoms. The minimum Gasteiger partial charge on any atom is -0.379 e. The second-order valence-electron chi connectivity index (χ2n) is 8.07. The summed E-state index contributed by atoms with van der Waals surface area (Å²) in [7, 11) is -7.82. The first kappa shape index (κ1) is 27.0. The van der Waals surface area contributed by atoms with Gasteiger partial charge in [0.05, 0.1) is 28.2 Å². The van der Waals surface area contributed by atoms with E-state index in [-0.39, 0.29) is 37.3 Å². The van der Waals surface area contributed by atoms with E-state index < -0.39 is 31.4 Å². The Bertz CT molecular complexity index is 1470. The fourth-order valence-corrected chi connectivity index (χ4v) is 7.80. The minimum absolute atomic E-state index is 0.0413. The molecule has 4 rings (SSSR count). The number of halogens is 2. The standard InChI is InChI=1S/C22H21Cl2N3O6S3/c1-22(14-15(23)2-7-18(22)26-35(29,30)20-9-8-19(24)34-20)21(28)25-16-3-5-17(6-4-16)36(31,32)27-10-12-33-13-11-27/h2-9,14H,10-13H2,1H3,(H,25,28)/b26-18+. The van der Waals surface area contributed by atoms with Gasteiger partial charge in [-0.25, -0.2) is 8.42 Å². The molecule has 1 unspecified atom stereocenters. The molecule has 2 heterocycles. The molecule has 9 nitrogen and oxygen atoms in total. The van der Waals surface area contributed by atoms with Crippen LogP contribution < -0.4 is 5.32 Å². The molecule has 36 heavy (non-hydrogen) atoms. The van der Waals surface area contributed by atoms with Gasteiger partial charge >= 0.3 is 0 Å². The van der Waals surface area contributed by atoms with Crippen molar-refractivity contribution >= 4 is 71.9 Å². The maximum atomic E-state index is 13.3. The lowest BCUT2D eigenvalue weighted by Gasteiger charge is -2.28. The quantitative estimate of drug-likeness (QED) is 0.545. The van der Waals surface area contributed by atoms with Gasteiger partial charge in [-0.2, -0.15) is 17.1 Å². The van der Waals surface area contributed by atoms with Crippen LogP contribution in [0.4, 0.5) is 5.69 Å². The van der Waals surface area contributed by atoms with Gasteiger partial charge < -0.3 is 10.1 Å². The second-order valence-corrected chi connectivity index (χ2v) is 14.0. The highest BCUT2D eigenvalue weighted by Gasteiger charge is 2.39. The summed E-state index contributed by atoms with van der Waals surface area (Å²) >= 11 is 12.9. The number of ether oxygens (including phenoxy) is 1. The van der Waals surface area contributed by atoms with E-state index in [4.69, 9.17) is 27.9 Å². The number of thiophene rings is 1. The molecule has 14 heteroatoms. The Morgan fingerprint density at radius 2 is 1.72 bits per heavy atom. The molecule has 1 aromatic heterocycles. The first-order valence-corrected chi connectivity index (χ1v) is 15.0. The largest absolute Gasteiger partial charge is 0.379 e. The number of nitrogens with one attached hydrogen (secondary N) is 1. The maximum absolute atomic E-state index is 13.3. The first-order chi connectivity index (χ1) is 16.9. The maximum Gasteiger partial charge on any atom is 0.292 e. The Kier molecular flexibility index (Phi) is 7.77.